The molecule has 18 heteroatoms. The van der Waals surface area contributed by atoms with Crippen LogP contribution in [0.25, 0.3) is 11.3 Å². The highest BCUT2D eigenvalue weighted by Gasteiger charge is 2.36. The Morgan fingerprint density at radius 2 is 1.83 bits per heavy atom. The Bertz CT molecular complexity index is 1840. The van der Waals surface area contributed by atoms with Gasteiger partial charge in [-0.25, -0.2) is 18.1 Å². The van der Waals surface area contributed by atoms with Crippen molar-refractivity contribution in [1.82, 2.24) is 19.7 Å². The number of alkyl halides is 3. The van der Waals surface area contributed by atoms with Gasteiger partial charge in [0.15, 0.2) is 5.75 Å². The second kappa shape index (κ2) is 14.9. The van der Waals surface area contributed by atoms with Crippen molar-refractivity contribution in [2.45, 2.75) is 51.6 Å². The predicted molar refractivity (Wildman–Crippen MR) is 180 cm³/mol. The van der Waals surface area contributed by atoms with Crippen LogP contribution in [0.2, 0.25) is 30.7 Å². The number of nitrogens with zero attached hydrogens (tertiary/aromatic N) is 4. The van der Waals surface area contributed by atoms with E-state index in [9.17, 15) is 26.4 Å². The Morgan fingerprint density at radius 1 is 1.12 bits per heavy atom. The van der Waals surface area contributed by atoms with Gasteiger partial charge >= 0.3 is 6.18 Å². The molecule has 0 unspecified atom stereocenters. The summed E-state index contributed by atoms with van der Waals surface area (Å²) < 4.78 is 79.4. The molecule has 0 fully saturated rings. The van der Waals surface area contributed by atoms with E-state index in [0.717, 1.165) is 6.04 Å². The molecule has 0 bridgehead atoms. The van der Waals surface area contributed by atoms with E-state index in [1.165, 1.54) is 41.5 Å². The van der Waals surface area contributed by atoms with Crippen molar-refractivity contribution in [3.8, 4) is 17.0 Å². The number of carbonyl (C=O) groups excluding carboxylic acids is 1. The average Bonchev–Trinajstić information content (AvgIpc) is 3.33. The maximum atomic E-state index is 13.1. The first-order valence-corrected chi connectivity index (χ1v) is 20.3. The Hall–Kier alpha value is -4.19. The number of amides is 1. The molecule has 0 saturated heterocycles. The zero-order valence-electron chi connectivity index (χ0n) is 26.5. The number of sulfonamides is 1. The number of nitrogens with one attached hydrogen (secondary N) is 2. The molecule has 4 aromatic rings. The van der Waals surface area contributed by atoms with Crippen molar-refractivity contribution in [2.24, 2.45) is 5.73 Å². The van der Waals surface area contributed by atoms with Gasteiger partial charge in [-0.15, -0.1) is 0 Å². The Balaban J connectivity index is 1.81. The van der Waals surface area contributed by atoms with E-state index < -0.39 is 42.0 Å². The van der Waals surface area contributed by atoms with Gasteiger partial charge in [-0.1, -0.05) is 49.4 Å². The first kappa shape index (κ1) is 36.6. The number of hydrogen-bond donors (Lipinski definition) is 3. The van der Waals surface area contributed by atoms with Crippen molar-refractivity contribution < 1.29 is 35.9 Å². The number of aromatic nitrogens is 4. The van der Waals surface area contributed by atoms with Crippen LogP contribution in [0.15, 0.2) is 61.1 Å². The third-order valence-corrected chi connectivity index (χ3v) is 9.93. The number of halogens is 4. The lowest BCUT2D eigenvalue weighted by molar-refractivity contribution is -0.106. The molecule has 0 aliphatic heterocycles. The van der Waals surface area contributed by atoms with Crippen LogP contribution in [0.3, 0.4) is 0 Å². The maximum absolute atomic E-state index is 13.1. The zero-order chi connectivity index (χ0) is 35.3. The molecule has 0 spiro atoms. The van der Waals surface area contributed by atoms with Crippen molar-refractivity contribution in [3.63, 3.8) is 0 Å². The summed E-state index contributed by atoms with van der Waals surface area (Å²) in [4.78, 5) is 21.2. The number of carbonyl (C=O) groups is 1. The number of rotatable bonds is 15. The molecule has 0 radical (unpaired) electrons. The van der Waals surface area contributed by atoms with E-state index in [4.69, 9.17) is 26.8 Å². The number of nitrogens with two attached hydrogens (primary N) is 1. The molecule has 4 N–H and O–H groups in total. The third kappa shape index (κ3) is 10.4. The minimum atomic E-state index is -4.99. The molecule has 1 atom stereocenters. The number of primary amides is 1. The number of ether oxygens (including phenoxy) is 2. The molecule has 2 aromatic heterocycles. The molecule has 2 aromatic carbocycles. The Kier molecular flexibility index (Phi) is 11.4. The highest BCUT2D eigenvalue weighted by Crippen LogP contribution is 2.38. The van der Waals surface area contributed by atoms with Crippen LogP contribution in [-0.4, -0.2) is 60.7 Å². The normalized spacial score (nSPS) is 12.8. The highest BCUT2D eigenvalue weighted by atomic mass is 35.5. The van der Waals surface area contributed by atoms with Gasteiger partial charge in [-0.3, -0.25) is 14.5 Å². The second-order valence-corrected chi connectivity index (χ2v) is 19.8. The predicted octanol–water partition coefficient (Wildman–Crippen LogP) is 6.59. The minimum absolute atomic E-state index is 0.0587. The van der Waals surface area contributed by atoms with Crippen LogP contribution in [-0.2, 0) is 21.5 Å². The van der Waals surface area contributed by atoms with Crippen molar-refractivity contribution in [2.75, 3.05) is 22.4 Å². The van der Waals surface area contributed by atoms with E-state index >= 15 is 0 Å². The minimum Gasteiger partial charge on any atom is -0.484 e. The van der Waals surface area contributed by atoms with Crippen molar-refractivity contribution >= 4 is 52.9 Å². The smallest absolute Gasteiger partial charge is 0.404 e. The summed E-state index contributed by atoms with van der Waals surface area (Å²) >= 11 is 6.01. The van der Waals surface area contributed by atoms with Crippen LogP contribution in [0.4, 0.5) is 30.5 Å². The second-order valence-electron chi connectivity index (χ2n) is 12.0. The Labute approximate surface area is 281 Å². The van der Waals surface area contributed by atoms with Gasteiger partial charge in [0.05, 0.1) is 11.9 Å². The summed E-state index contributed by atoms with van der Waals surface area (Å²) in [7, 11) is -6.31. The van der Waals surface area contributed by atoms with E-state index in [-0.39, 0.29) is 46.6 Å². The van der Waals surface area contributed by atoms with E-state index in [1.807, 2.05) is 4.72 Å². The number of anilines is 3. The van der Waals surface area contributed by atoms with Crippen LogP contribution in [0, 0.1) is 0 Å². The SMILES string of the molecule is C[C@H](Oc1cc(-c2nn(COCC[Si](C)(C)C)c(Nc3cnccn3)c2C(N)=O)ccc1NS(=O)(=O)CC(F)(F)F)c1ccc(Cl)cc1. The molecular weight excluding hydrogens is 691 g/mol. The van der Waals surface area contributed by atoms with Gasteiger partial charge < -0.3 is 20.5 Å². The first-order valence-electron chi connectivity index (χ1n) is 14.6. The molecule has 4 rings (SSSR count). The summed E-state index contributed by atoms with van der Waals surface area (Å²) in [5.74, 6) is -2.68. The monoisotopic (exact) mass is 725 g/mol. The molecule has 12 nitrogen and oxygen atoms in total. The molecule has 0 aliphatic rings. The molecule has 2 heterocycles. The number of hydrogen-bond acceptors (Lipinski definition) is 9. The lowest BCUT2D eigenvalue weighted by atomic mass is 10.1. The molecule has 0 aliphatic carbocycles. The molecule has 258 valence electrons. The standard InChI is InChI=1S/C30H35ClF3N7O5SSi/c1-19(20-5-8-22(31)9-6-20)46-24-15-21(7-10-23(24)40-47(43,44)17-30(32,33)34)27-26(28(35)42)29(38-25-16-36-11-12-37-25)41(39-27)18-45-13-14-48(2,3)4/h5-12,15-16,19,40H,13-14,17-18H2,1-4H3,(H2,35,42)(H,37,38)/t19-/m0/s1. The number of benzene rings is 2. The summed E-state index contributed by atoms with van der Waals surface area (Å²) in [5, 5.41) is 8.10. The van der Waals surface area contributed by atoms with Crippen LogP contribution < -0.4 is 20.5 Å². The van der Waals surface area contributed by atoms with Gasteiger partial charge in [-0.2, -0.15) is 18.3 Å². The summed E-state index contributed by atoms with van der Waals surface area (Å²) in [6, 6.07) is 11.4. The van der Waals surface area contributed by atoms with Gasteiger partial charge in [0.2, 0.25) is 10.0 Å². The van der Waals surface area contributed by atoms with Gasteiger partial charge in [0.1, 0.15) is 41.5 Å². The van der Waals surface area contributed by atoms with Gasteiger partial charge in [0.25, 0.3) is 5.91 Å². The quantitative estimate of drug-likeness (QED) is 0.0906. The fourth-order valence-corrected chi connectivity index (χ4v) is 6.28. The van der Waals surface area contributed by atoms with Crippen molar-refractivity contribution in [3.05, 3.63) is 77.2 Å². The molecular formula is C30H35ClF3N7O5SSi. The van der Waals surface area contributed by atoms with Crippen LogP contribution in [0.1, 0.15) is 28.9 Å². The van der Waals surface area contributed by atoms with Gasteiger partial charge in [-0.05, 0) is 42.8 Å². The highest BCUT2D eigenvalue weighted by molar-refractivity contribution is 7.92. The molecule has 0 saturated carbocycles. The summed E-state index contributed by atoms with van der Waals surface area (Å²) in [6.45, 7) is 8.64. The average molecular weight is 726 g/mol. The van der Waals surface area contributed by atoms with E-state index in [0.29, 0.717) is 17.2 Å². The van der Waals surface area contributed by atoms with Crippen LogP contribution in [0.5, 0.6) is 5.75 Å². The first-order chi connectivity index (χ1) is 22.4. The van der Waals surface area contributed by atoms with E-state index in [1.54, 1.807) is 31.2 Å². The van der Waals surface area contributed by atoms with Crippen molar-refractivity contribution in [1.29, 1.82) is 0 Å². The fraction of sp³-hybridized carbons (Fsp3) is 0.333. The third-order valence-electron chi connectivity index (χ3n) is 6.74. The summed E-state index contributed by atoms with van der Waals surface area (Å²) in [6.07, 6.45) is -1.36. The Morgan fingerprint density at radius 3 is 2.44 bits per heavy atom. The van der Waals surface area contributed by atoms with Crippen LogP contribution >= 0.6 is 11.6 Å². The lowest BCUT2D eigenvalue weighted by Crippen LogP contribution is -2.28. The largest absolute Gasteiger partial charge is 0.484 e. The van der Waals surface area contributed by atoms with E-state index in [2.05, 4.69) is 40.0 Å². The molecule has 1 amide bonds. The fourth-order valence-electron chi connectivity index (χ4n) is 4.39. The summed E-state index contributed by atoms with van der Waals surface area (Å²) in [5.41, 5.74) is 6.49. The topological polar surface area (TPSA) is 163 Å². The maximum Gasteiger partial charge on any atom is 0.404 e. The molecule has 48 heavy (non-hydrogen) atoms. The van der Waals surface area contributed by atoms with Gasteiger partial charge in [0, 0.05) is 37.7 Å². The zero-order valence-corrected chi connectivity index (χ0v) is 29.1. The lowest BCUT2D eigenvalue weighted by Gasteiger charge is -2.20.